The van der Waals surface area contributed by atoms with Crippen LogP contribution in [-0.4, -0.2) is 55.2 Å². The number of hydrogen-bond donors (Lipinski definition) is 1. The Bertz CT molecular complexity index is 1120. The van der Waals surface area contributed by atoms with Gasteiger partial charge in [-0.05, 0) is 55.9 Å². The SMILES string of the molecule is CC(C)(CNC(=O)C1CCN(S(=O)(=O)/C=C/c2ccccc2)CC1)N1CCc2ccccc2C1. The van der Waals surface area contributed by atoms with E-state index in [9.17, 15) is 13.2 Å². The zero-order valence-electron chi connectivity index (χ0n) is 20.1. The van der Waals surface area contributed by atoms with E-state index in [0.717, 1.165) is 25.1 Å². The second-order valence-corrected chi connectivity index (χ2v) is 11.7. The van der Waals surface area contributed by atoms with Crippen molar-refractivity contribution >= 4 is 22.0 Å². The maximum absolute atomic E-state index is 12.9. The minimum Gasteiger partial charge on any atom is -0.354 e. The predicted molar refractivity (Wildman–Crippen MR) is 136 cm³/mol. The van der Waals surface area contributed by atoms with Crippen LogP contribution in [0.2, 0.25) is 0 Å². The lowest BCUT2D eigenvalue weighted by atomic mass is 9.93. The van der Waals surface area contributed by atoms with Gasteiger partial charge in [0.25, 0.3) is 0 Å². The molecule has 4 rings (SSSR count). The summed E-state index contributed by atoms with van der Waals surface area (Å²) in [5.74, 6) is -0.121. The standard InChI is InChI=1S/C27H35N3O3S/c1-27(2,29-16-12-23-10-6-7-11-25(23)20-29)21-28-26(31)24-13-17-30(18-14-24)34(32,33)19-15-22-8-4-3-5-9-22/h3-11,15,19,24H,12-14,16-18,20-21H2,1-2H3,(H,28,31)/b19-15+. The van der Waals surface area contributed by atoms with E-state index in [1.54, 1.807) is 6.08 Å². The van der Waals surface area contributed by atoms with Crippen molar-refractivity contribution in [2.75, 3.05) is 26.2 Å². The highest BCUT2D eigenvalue weighted by molar-refractivity contribution is 7.92. The number of fused-ring (bicyclic) bond motifs is 1. The Labute approximate surface area is 203 Å². The number of carbonyl (C=O) groups excluding carboxylic acids is 1. The van der Waals surface area contributed by atoms with Gasteiger partial charge >= 0.3 is 0 Å². The first-order valence-electron chi connectivity index (χ1n) is 12.1. The summed E-state index contributed by atoms with van der Waals surface area (Å²) in [4.78, 5) is 15.3. The molecule has 1 saturated heterocycles. The molecule has 0 unspecified atom stereocenters. The van der Waals surface area contributed by atoms with Gasteiger partial charge in [0.2, 0.25) is 15.9 Å². The van der Waals surface area contributed by atoms with Crippen molar-refractivity contribution in [3.8, 4) is 0 Å². The predicted octanol–water partition coefficient (Wildman–Crippen LogP) is 3.65. The van der Waals surface area contributed by atoms with Gasteiger partial charge in [0.1, 0.15) is 0 Å². The molecule has 2 aliphatic heterocycles. The minimum atomic E-state index is -3.49. The van der Waals surface area contributed by atoms with Gasteiger partial charge in [-0.2, -0.15) is 4.31 Å². The molecule has 0 spiro atoms. The van der Waals surface area contributed by atoms with Gasteiger partial charge in [0.15, 0.2) is 0 Å². The van der Waals surface area contributed by atoms with E-state index < -0.39 is 10.0 Å². The van der Waals surface area contributed by atoms with Crippen LogP contribution in [0.15, 0.2) is 60.0 Å². The summed E-state index contributed by atoms with van der Waals surface area (Å²) < 4.78 is 26.9. The van der Waals surface area contributed by atoms with E-state index in [2.05, 4.69) is 48.3 Å². The van der Waals surface area contributed by atoms with Crippen LogP contribution in [0.5, 0.6) is 0 Å². The van der Waals surface area contributed by atoms with E-state index in [1.807, 2.05) is 30.3 Å². The number of rotatable bonds is 7. The van der Waals surface area contributed by atoms with Crippen LogP contribution in [0, 0.1) is 5.92 Å². The molecule has 182 valence electrons. The zero-order chi connectivity index (χ0) is 24.2. The topological polar surface area (TPSA) is 69.7 Å². The van der Waals surface area contributed by atoms with Crippen molar-refractivity contribution in [3.05, 3.63) is 76.7 Å². The van der Waals surface area contributed by atoms with Crippen molar-refractivity contribution in [2.24, 2.45) is 5.92 Å². The van der Waals surface area contributed by atoms with Crippen LogP contribution in [0.25, 0.3) is 6.08 Å². The van der Waals surface area contributed by atoms with Crippen LogP contribution in [0.1, 0.15) is 43.4 Å². The molecule has 6 nitrogen and oxygen atoms in total. The Hall–Kier alpha value is -2.48. The molecule has 0 radical (unpaired) electrons. The van der Waals surface area contributed by atoms with Gasteiger partial charge in [0.05, 0.1) is 0 Å². The van der Waals surface area contributed by atoms with E-state index >= 15 is 0 Å². The highest BCUT2D eigenvalue weighted by Gasteiger charge is 2.33. The molecule has 0 atom stereocenters. The molecular formula is C27H35N3O3S. The maximum Gasteiger partial charge on any atom is 0.236 e. The zero-order valence-corrected chi connectivity index (χ0v) is 20.9. The summed E-state index contributed by atoms with van der Waals surface area (Å²) in [6.45, 7) is 7.54. The molecule has 0 aromatic heterocycles. The van der Waals surface area contributed by atoms with Crippen LogP contribution in [-0.2, 0) is 27.8 Å². The first kappa shape index (κ1) is 24.6. The smallest absolute Gasteiger partial charge is 0.236 e. The maximum atomic E-state index is 12.9. The van der Waals surface area contributed by atoms with E-state index in [-0.39, 0.29) is 17.4 Å². The molecule has 7 heteroatoms. The van der Waals surface area contributed by atoms with Crippen molar-refractivity contribution < 1.29 is 13.2 Å². The molecule has 2 aromatic carbocycles. The van der Waals surface area contributed by atoms with E-state index in [1.165, 1.54) is 20.8 Å². The number of benzene rings is 2. The van der Waals surface area contributed by atoms with Gasteiger partial charge in [0, 0.05) is 49.6 Å². The van der Waals surface area contributed by atoms with E-state index in [0.29, 0.717) is 32.5 Å². The first-order valence-corrected chi connectivity index (χ1v) is 13.6. The Morgan fingerprint density at radius 1 is 1.00 bits per heavy atom. The average Bonchev–Trinajstić information content (AvgIpc) is 2.86. The molecule has 34 heavy (non-hydrogen) atoms. The van der Waals surface area contributed by atoms with Gasteiger partial charge < -0.3 is 5.32 Å². The number of nitrogens with one attached hydrogen (secondary N) is 1. The number of carbonyl (C=O) groups is 1. The molecule has 0 aliphatic carbocycles. The third-order valence-corrected chi connectivity index (χ3v) is 8.66. The van der Waals surface area contributed by atoms with Gasteiger partial charge in [-0.1, -0.05) is 54.6 Å². The molecule has 2 heterocycles. The van der Waals surface area contributed by atoms with Crippen LogP contribution in [0.3, 0.4) is 0 Å². The first-order chi connectivity index (χ1) is 16.2. The van der Waals surface area contributed by atoms with Crippen molar-refractivity contribution in [3.63, 3.8) is 0 Å². The van der Waals surface area contributed by atoms with Crippen molar-refractivity contribution in [1.82, 2.24) is 14.5 Å². The lowest BCUT2D eigenvalue weighted by Crippen LogP contribution is -2.54. The molecule has 2 aliphatic rings. The third kappa shape index (κ3) is 5.95. The second-order valence-electron chi connectivity index (χ2n) is 9.90. The summed E-state index contributed by atoms with van der Waals surface area (Å²) in [5, 5.41) is 4.42. The summed E-state index contributed by atoms with van der Waals surface area (Å²) in [6, 6.07) is 18.0. The molecule has 0 bridgehead atoms. The number of amides is 1. The quantitative estimate of drug-likeness (QED) is 0.655. The highest BCUT2D eigenvalue weighted by atomic mass is 32.2. The molecule has 1 fully saturated rings. The Kier molecular flexibility index (Phi) is 7.55. The van der Waals surface area contributed by atoms with Gasteiger partial charge in [-0.15, -0.1) is 0 Å². The van der Waals surface area contributed by atoms with Crippen LogP contribution >= 0.6 is 0 Å². The fourth-order valence-electron chi connectivity index (χ4n) is 4.76. The van der Waals surface area contributed by atoms with Crippen molar-refractivity contribution in [1.29, 1.82) is 0 Å². The molecule has 0 saturated carbocycles. The lowest BCUT2D eigenvalue weighted by molar-refractivity contribution is -0.126. The summed E-state index contributed by atoms with van der Waals surface area (Å²) in [6.07, 6.45) is 3.73. The lowest BCUT2D eigenvalue weighted by Gasteiger charge is -2.42. The molecular weight excluding hydrogens is 446 g/mol. The van der Waals surface area contributed by atoms with E-state index in [4.69, 9.17) is 0 Å². The summed E-state index contributed by atoms with van der Waals surface area (Å²) in [7, 11) is -3.49. The number of piperidine rings is 1. The van der Waals surface area contributed by atoms with Gasteiger partial charge in [-0.3, -0.25) is 9.69 Å². The monoisotopic (exact) mass is 481 g/mol. The average molecular weight is 482 g/mol. The largest absolute Gasteiger partial charge is 0.354 e. The number of hydrogen-bond acceptors (Lipinski definition) is 4. The highest BCUT2D eigenvalue weighted by Crippen LogP contribution is 2.26. The molecule has 2 aromatic rings. The van der Waals surface area contributed by atoms with Crippen LogP contribution < -0.4 is 5.32 Å². The molecule has 1 amide bonds. The van der Waals surface area contributed by atoms with Crippen LogP contribution in [0.4, 0.5) is 0 Å². The Balaban J connectivity index is 1.26. The fourth-order valence-corrected chi connectivity index (χ4v) is 5.98. The fraction of sp³-hybridized carbons (Fsp3) is 0.444. The summed E-state index contributed by atoms with van der Waals surface area (Å²) >= 11 is 0. The van der Waals surface area contributed by atoms with Gasteiger partial charge in [-0.25, -0.2) is 8.42 Å². The normalized spacial score (nSPS) is 18.6. The minimum absolute atomic E-state index is 0.0300. The molecule has 1 N–H and O–H groups in total. The number of nitrogens with zero attached hydrogens (tertiary/aromatic N) is 2. The van der Waals surface area contributed by atoms with Crippen molar-refractivity contribution in [2.45, 2.75) is 45.2 Å². The summed E-state index contributed by atoms with van der Waals surface area (Å²) in [5.41, 5.74) is 3.47. The Morgan fingerprint density at radius 3 is 2.35 bits per heavy atom. The third-order valence-electron chi connectivity index (χ3n) is 7.10. The Morgan fingerprint density at radius 2 is 1.65 bits per heavy atom. The second kappa shape index (κ2) is 10.4. The number of sulfonamides is 1.